The van der Waals surface area contributed by atoms with Gasteiger partial charge < -0.3 is 14.8 Å². The standard InChI is InChI=1S/C20H15ClF5NO3S/c1-10-13(7-18(29)30)14-6-17(28)15(21)8-16(14)27(10)9-11-2-4-12(5-3-11)31-20(25,26)19(22,23)24/h2-6,8,28H,7,9H2,1H3,(H,29,30). The first kappa shape index (κ1) is 23.2. The fourth-order valence-corrected chi connectivity index (χ4v) is 4.03. The summed E-state index contributed by atoms with van der Waals surface area (Å²) >= 11 is 5.42. The number of phenols is 1. The Morgan fingerprint density at radius 1 is 1.13 bits per heavy atom. The van der Waals surface area contributed by atoms with Crippen molar-refractivity contribution in [3.8, 4) is 5.75 Å². The number of benzene rings is 2. The molecule has 0 fully saturated rings. The number of phenolic OH excluding ortho intramolecular Hbond substituents is 1. The number of halogens is 6. The first-order valence-corrected chi connectivity index (χ1v) is 9.94. The van der Waals surface area contributed by atoms with Gasteiger partial charge in [-0.15, -0.1) is 0 Å². The molecule has 3 rings (SSSR count). The van der Waals surface area contributed by atoms with E-state index in [1.807, 2.05) is 0 Å². The van der Waals surface area contributed by atoms with Gasteiger partial charge in [-0.2, -0.15) is 22.0 Å². The van der Waals surface area contributed by atoms with Gasteiger partial charge in [0.05, 0.1) is 17.0 Å². The van der Waals surface area contributed by atoms with Crippen molar-refractivity contribution >= 4 is 40.2 Å². The highest BCUT2D eigenvalue weighted by molar-refractivity contribution is 8.00. The number of thioether (sulfide) groups is 1. The number of hydrogen-bond acceptors (Lipinski definition) is 3. The van der Waals surface area contributed by atoms with E-state index in [1.54, 1.807) is 11.5 Å². The Hall–Kier alpha value is -2.46. The molecular formula is C20H15ClF5NO3S. The fraction of sp³-hybridized carbons (Fsp3) is 0.250. The predicted octanol–water partition coefficient (Wildman–Crippen LogP) is 6.23. The molecule has 0 unspecified atom stereocenters. The average Bonchev–Trinajstić information content (AvgIpc) is 2.87. The molecule has 0 spiro atoms. The van der Waals surface area contributed by atoms with E-state index in [4.69, 9.17) is 11.6 Å². The molecular weight excluding hydrogens is 465 g/mol. The van der Waals surface area contributed by atoms with Crippen LogP contribution in [0.15, 0.2) is 41.3 Å². The Balaban J connectivity index is 1.96. The molecule has 11 heteroatoms. The molecule has 0 atom stereocenters. The lowest BCUT2D eigenvalue weighted by Crippen LogP contribution is -2.32. The Kier molecular flexibility index (Phi) is 6.16. The van der Waals surface area contributed by atoms with Crippen LogP contribution in [0.4, 0.5) is 22.0 Å². The number of aliphatic carboxylic acids is 1. The third kappa shape index (κ3) is 4.74. The Bertz CT molecular complexity index is 1140. The van der Waals surface area contributed by atoms with Crippen molar-refractivity contribution in [2.24, 2.45) is 0 Å². The van der Waals surface area contributed by atoms with E-state index in [9.17, 15) is 37.0 Å². The number of nitrogens with zero attached hydrogens (tertiary/aromatic N) is 1. The summed E-state index contributed by atoms with van der Waals surface area (Å²) in [5.41, 5.74) is 2.22. The van der Waals surface area contributed by atoms with Crippen LogP contribution in [0.1, 0.15) is 16.8 Å². The molecule has 0 amide bonds. The number of carboxylic acids is 1. The van der Waals surface area contributed by atoms with E-state index < -0.39 is 29.2 Å². The average molecular weight is 480 g/mol. The van der Waals surface area contributed by atoms with Crippen LogP contribution in [0.25, 0.3) is 10.9 Å². The lowest BCUT2D eigenvalue weighted by molar-refractivity contribution is -0.237. The van der Waals surface area contributed by atoms with Gasteiger partial charge in [0.1, 0.15) is 5.75 Å². The predicted molar refractivity (Wildman–Crippen MR) is 107 cm³/mol. The summed E-state index contributed by atoms with van der Waals surface area (Å²) in [5, 5.41) is 14.8. The lowest BCUT2D eigenvalue weighted by Gasteiger charge is -2.18. The number of rotatable bonds is 6. The van der Waals surface area contributed by atoms with E-state index in [1.165, 1.54) is 24.3 Å². The minimum absolute atomic E-state index is 0.0641. The van der Waals surface area contributed by atoms with Crippen LogP contribution in [0.2, 0.25) is 5.02 Å². The Labute approximate surface area is 182 Å². The highest BCUT2D eigenvalue weighted by atomic mass is 35.5. The van der Waals surface area contributed by atoms with E-state index in [-0.39, 0.29) is 28.6 Å². The van der Waals surface area contributed by atoms with Gasteiger partial charge in [-0.3, -0.25) is 4.79 Å². The fourth-order valence-electron chi connectivity index (χ4n) is 3.18. The number of carboxylic acid groups (broad SMARTS) is 1. The summed E-state index contributed by atoms with van der Waals surface area (Å²) in [6, 6.07) is 8.02. The molecule has 0 aliphatic heterocycles. The normalized spacial score (nSPS) is 12.5. The van der Waals surface area contributed by atoms with E-state index in [0.717, 1.165) is 12.1 Å². The molecule has 0 aliphatic carbocycles. The molecule has 0 saturated heterocycles. The van der Waals surface area contributed by atoms with Crippen LogP contribution < -0.4 is 0 Å². The van der Waals surface area contributed by atoms with Crippen molar-refractivity contribution in [3.63, 3.8) is 0 Å². The summed E-state index contributed by atoms with van der Waals surface area (Å²) in [4.78, 5) is 11.0. The minimum Gasteiger partial charge on any atom is -0.506 e. The topological polar surface area (TPSA) is 62.5 Å². The summed E-state index contributed by atoms with van der Waals surface area (Å²) in [7, 11) is 0. The van der Waals surface area contributed by atoms with Crippen molar-refractivity contribution in [2.45, 2.75) is 36.2 Å². The van der Waals surface area contributed by atoms with Crippen molar-refractivity contribution in [1.29, 1.82) is 0 Å². The lowest BCUT2D eigenvalue weighted by atomic mass is 10.1. The van der Waals surface area contributed by atoms with Crippen molar-refractivity contribution in [3.05, 3.63) is 58.2 Å². The molecule has 166 valence electrons. The summed E-state index contributed by atoms with van der Waals surface area (Å²) in [5.74, 6) is -1.27. The van der Waals surface area contributed by atoms with Gasteiger partial charge in [-0.05, 0) is 54.1 Å². The van der Waals surface area contributed by atoms with Gasteiger partial charge in [0.2, 0.25) is 0 Å². The first-order chi connectivity index (χ1) is 14.3. The number of aromatic hydroxyl groups is 1. The second-order valence-corrected chi connectivity index (χ2v) is 8.40. The quantitative estimate of drug-likeness (QED) is 0.325. The largest absolute Gasteiger partial charge is 0.506 e. The molecule has 1 aromatic heterocycles. The van der Waals surface area contributed by atoms with Gasteiger partial charge >= 0.3 is 17.4 Å². The van der Waals surface area contributed by atoms with Crippen LogP contribution in [0, 0.1) is 6.92 Å². The molecule has 0 radical (unpaired) electrons. The van der Waals surface area contributed by atoms with Crippen molar-refractivity contribution < 1.29 is 37.0 Å². The van der Waals surface area contributed by atoms with Gasteiger partial charge in [-0.25, -0.2) is 0 Å². The number of carbonyl (C=O) groups is 1. The van der Waals surface area contributed by atoms with Crippen LogP contribution in [0.3, 0.4) is 0 Å². The summed E-state index contributed by atoms with van der Waals surface area (Å²) in [6.45, 7) is 1.88. The van der Waals surface area contributed by atoms with E-state index >= 15 is 0 Å². The Morgan fingerprint density at radius 3 is 2.29 bits per heavy atom. The molecule has 3 aromatic rings. The van der Waals surface area contributed by atoms with Gasteiger partial charge in [0, 0.05) is 22.5 Å². The molecule has 0 aliphatic rings. The van der Waals surface area contributed by atoms with Gasteiger partial charge in [0.25, 0.3) is 0 Å². The molecule has 2 N–H and O–H groups in total. The summed E-state index contributed by atoms with van der Waals surface area (Å²) in [6.07, 6.45) is -5.96. The number of aromatic nitrogens is 1. The minimum atomic E-state index is -5.66. The molecule has 2 aromatic carbocycles. The van der Waals surface area contributed by atoms with Gasteiger partial charge in [0.15, 0.2) is 0 Å². The second kappa shape index (κ2) is 8.23. The number of fused-ring (bicyclic) bond motifs is 1. The van der Waals surface area contributed by atoms with Crippen molar-refractivity contribution in [1.82, 2.24) is 4.57 Å². The molecule has 1 heterocycles. The zero-order valence-corrected chi connectivity index (χ0v) is 17.4. The number of alkyl halides is 5. The maximum atomic E-state index is 13.2. The Morgan fingerprint density at radius 2 is 1.74 bits per heavy atom. The number of hydrogen-bond donors (Lipinski definition) is 2. The van der Waals surface area contributed by atoms with Crippen LogP contribution in [0.5, 0.6) is 5.75 Å². The molecule has 0 saturated carbocycles. The molecule has 4 nitrogen and oxygen atoms in total. The maximum absolute atomic E-state index is 13.2. The zero-order chi connectivity index (χ0) is 23.1. The highest BCUT2D eigenvalue weighted by Crippen LogP contribution is 2.47. The maximum Gasteiger partial charge on any atom is 0.464 e. The van der Waals surface area contributed by atoms with E-state index in [0.29, 0.717) is 27.7 Å². The van der Waals surface area contributed by atoms with Crippen LogP contribution in [-0.4, -0.2) is 32.2 Å². The second-order valence-electron chi connectivity index (χ2n) is 6.80. The SMILES string of the molecule is Cc1c(CC(=O)O)c2cc(O)c(Cl)cc2n1Cc1ccc(SC(F)(F)C(F)(F)F)cc1. The monoisotopic (exact) mass is 479 g/mol. The third-order valence-corrected chi connectivity index (χ3v) is 5.99. The first-order valence-electron chi connectivity index (χ1n) is 8.74. The molecule has 0 bridgehead atoms. The summed E-state index contributed by atoms with van der Waals surface area (Å²) < 4.78 is 65.3. The van der Waals surface area contributed by atoms with Crippen LogP contribution in [-0.2, 0) is 17.8 Å². The smallest absolute Gasteiger partial charge is 0.464 e. The van der Waals surface area contributed by atoms with Gasteiger partial charge in [-0.1, -0.05) is 23.7 Å². The zero-order valence-electron chi connectivity index (χ0n) is 15.8. The van der Waals surface area contributed by atoms with E-state index in [2.05, 4.69) is 0 Å². The van der Waals surface area contributed by atoms with Crippen molar-refractivity contribution in [2.75, 3.05) is 0 Å². The molecule has 31 heavy (non-hydrogen) atoms. The van der Waals surface area contributed by atoms with Crippen LogP contribution >= 0.6 is 23.4 Å². The highest BCUT2D eigenvalue weighted by Gasteiger charge is 2.58. The third-order valence-electron chi connectivity index (χ3n) is 4.69.